The maximum absolute atomic E-state index is 13.6. The summed E-state index contributed by atoms with van der Waals surface area (Å²) in [5.74, 6) is -0.372. The monoisotopic (exact) mass is 433 g/mol. The van der Waals surface area contributed by atoms with E-state index in [1.807, 2.05) is 0 Å². The lowest BCUT2D eigenvalue weighted by Crippen LogP contribution is -2.11. The third-order valence-corrected chi connectivity index (χ3v) is 4.50. The summed E-state index contributed by atoms with van der Waals surface area (Å²) >= 11 is 0. The predicted molar refractivity (Wildman–Crippen MR) is 102 cm³/mol. The largest absolute Gasteiger partial charge is 0.435 e. The Bertz CT molecular complexity index is 1200. The fourth-order valence-electron chi connectivity index (χ4n) is 3.05. The summed E-state index contributed by atoms with van der Waals surface area (Å²) in [6.07, 6.45) is -9.51. The summed E-state index contributed by atoms with van der Waals surface area (Å²) in [4.78, 5) is 4.20. The zero-order valence-corrected chi connectivity index (χ0v) is 15.6. The van der Waals surface area contributed by atoms with Gasteiger partial charge < -0.3 is 0 Å². The van der Waals surface area contributed by atoms with E-state index in [-0.39, 0.29) is 17.2 Å². The van der Waals surface area contributed by atoms with Crippen LogP contribution in [-0.2, 0) is 12.4 Å². The Morgan fingerprint density at radius 1 is 0.645 bits per heavy atom. The van der Waals surface area contributed by atoms with Crippen LogP contribution < -0.4 is 0 Å². The summed E-state index contributed by atoms with van der Waals surface area (Å²) in [6, 6.07) is 18.4. The highest BCUT2D eigenvalue weighted by Crippen LogP contribution is 2.36. The minimum absolute atomic E-state index is 0.0289. The van der Waals surface area contributed by atoms with Crippen LogP contribution in [0.1, 0.15) is 11.3 Å². The van der Waals surface area contributed by atoms with Gasteiger partial charge in [0.1, 0.15) is 0 Å². The average Bonchev–Trinajstić information content (AvgIpc) is 3.20. The first-order chi connectivity index (χ1) is 14.6. The summed E-state index contributed by atoms with van der Waals surface area (Å²) in [7, 11) is 0. The molecule has 0 bridgehead atoms. The Morgan fingerprint density at radius 3 is 1.77 bits per heavy atom. The fourth-order valence-corrected chi connectivity index (χ4v) is 3.05. The van der Waals surface area contributed by atoms with Crippen LogP contribution in [0.5, 0.6) is 0 Å². The standard InChI is InChI=1S/C22H13F6N3/c23-21(24,25)16-11-17(14-7-3-1-4-8-14)29-20(12-16)31-18(15-9-5-2-6-10-15)13-19(30-31)22(26,27)28/h1-13H. The van der Waals surface area contributed by atoms with E-state index in [2.05, 4.69) is 10.1 Å². The maximum atomic E-state index is 13.6. The third kappa shape index (κ3) is 4.30. The first-order valence-electron chi connectivity index (χ1n) is 9.01. The molecule has 3 nitrogen and oxygen atoms in total. The smallest absolute Gasteiger partial charge is 0.229 e. The van der Waals surface area contributed by atoms with Crippen LogP contribution in [0.2, 0.25) is 0 Å². The maximum Gasteiger partial charge on any atom is 0.435 e. The Kier molecular flexibility index (Phi) is 5.04. The Labute approximate surface area is 172 Å². The van der Waals surface area contributed by atoms with Gasteiger partial charge in [-0.3, -0.25) is 0 Å². The predicted octanol–water partition coefficient (Wildman–Crippen LogP) is 6.64. The van der Waals surface area contributed by atoms with Gasteiger partial charge in [0.15, 0.2) is 11.5 Å². The van der Waals surface area contributed by atoms with E-state index < -0.39 is 23.6 Å². The molecule has 2 aromatic carbocycles. The molecule has 0 saturated heterocycles. The number of alkyl halides is 6. The van der Waals surface area contributed by atoms with Crippen LogP contribution in [0.3, 0.4) is 0 Å². The van der Waals surface area contributed by atoms with Gasteiger partial charge in [0.05, 0.1) is 17.0 Å². The summed E-state index contributed by atoms with van der Waals surface area (Å²) < 4.78 is 81.5. The molecule has 0 aliphatic rings. The van der Waals surface area contributed by atoms with Gasteiger partial charge in [-0.1, -0.05) is 60.7 Å². The molecule has 0 aliphatic carbocycles. The van der Waals surface area contributed by atoms with E-state index in [9.17, 15) is 26.3 Å². The third-order valence-electron chi connectivity index (χ3n) is 4.50. The van der Waals surface area contributed by atoms with E-state index in [0.29, 0.717) is 17.2 Å². The zero-order valence-electron chi connectivity index (χ0n) is 15.6. The van der Waals surface area contributed by atoms with Crippen molar-refractivity contribution in [3.05, 3.63) is 90.1 Å². The van der Waals surface area contributed by atoms with Gasteiger partial charge in [-0.2, -0.15) is 31.4 Å². The number of hydrogen-bond donors (Lipinski definition) is 0. The van der Waals surface area contributed by atoms with Crippen molar-refractivity contribution in [2.45, 2.75) is 12.4 Å². The molecule has 0 saturated carbocycles. The van der Waals surface area contributed by atoms with Crippen LogP contribution in [0, 0.1) is 0 Å². The Hall–Kier alpha value is -3.62. The van der Waals surface area contributed by atoms with Crippen LogP contribution in [0.25, 0.3) is 28.3 Å². The van der Waals surface area contributed by atoms with Gasteiger partial charge in [0, 0.05) is 11.1 Å². The second-order valence-electron chi connectivity index (χ2n) is 6.65. The summed E-state index contributed by atoms with van der Waals surface area (Å²) in [5.41, 5.74) is -1.59. The molecule has 0 atom stereocenters. The van der Waals surface area contributed by atoms with Crippen LogP contribution >= 0.6 is 0 Å². The van der Waals surface area contributed by atoms with Gasteiger partial charge in [0.25, 0.3) is 0 Å². The van der Waals surface area contributed by atoms with Crippen LogP contribution in [0.15, 0.2) is 78.9 Å². The molecular weight excluding hydrogens is 420 g/mol. The molecule has 0 spiro atoms. The molecule has 2 heterocycles. The Balaban J connectivity index is 1.98. The molecule has 0 radical (unpaired) electrons. The molecule has 0 fully saturated rings. The highest BCUT2D eigenvalue weighted by atomic mass is 19.4. The molecule has 4 aromatic rings. The van der Waals surface area contributed by atoms with E-state index in [4.69, 9.17) is 0 Å². The fraction of sp³-hybridized carbons (Fsp3) is 0.0909. The van der Waals surface area contributed by atoms with Crippen molar-refractivity contribution in [2.75, 3.05) is 0 Å². The molecule has 9 heteroatoms. The van der Waals surface area contributed by atoms with Gasteiger partial charge in [0.2, 0.25) is 0 Å². The normalized spacial score (nSPS) is 12.2. The van der Waals surface area contributed by atoms with Crippen LogP contribution in [0.4, 0.5) is 26.3 Å². The summed E-state index contributed by atoms with van der Waals surface area (Å²) in [6.45, 7) is 0. The van der Waals surface area contributed by atoms with Crippen molar-refractivity contribution in [1.29, 1.82) is 0 Å². The van der Waals surface area contributed by atoms with Gasteiger partial charge >= 0.3 is 12.4 Å². The highest BCUT2D eigenvalue weighted by molar-refractivity contribution is 5.65. The first-order valence-corrected chi connectivity index (χ1v) is 9.01. The first kappa shape index (κ1) is 20.6. The number of aromatic nitrogens is 3. The molecule has 31 heavy (non-hydrogen) atoms. The number of pyridine rings is 1. The zero-order chi connectivity index (χ0) is 22.2. The van der Waals surface area contributed by atoms with E-state index in [1.165, 1.54) is 0 Å². The number of nitrogens with zero attached hydrogens (tertiary/aromatic N) is 3. The van der Waals surface area contributed by atoms with Crippen molar-refractivity contribution >= 4 is 0 Å². The number of rotatable bonds is 3. The second-order valence-corrected chi connectivity index (χ2v) is 6.65. The van der Waals surface area contributed by atoms with Gasteiger partial charge in [-0.15, -0.1) is 0 Å². The average molecular weight is 433 g/mol. The molecular formula is C22H13F6N3. The Morgan fingerprint density at radius 2 is 1.23 bits per heavy atom. The minimum atomic E-state index is -4.78. The van der Waals surface area contributed by atoms with Crippen LogP contribution in [-0.4, -0.2) is 14.8 Å². The molecule has 2 aromatic heterocycles. The summed E-state index contributed by atoms with van der Waals surface area (Å²) in [5, 5.41) is 3.55. The second kappa shape index (κ2) is 7.57. The quantitative estimate of drug-likeness (QED) is 0.339. The molecule has 4 rings (SSSR count). The lowest BCUT2D eigenvalue weighted by atomic mass is 10.1. The molecule has 0 unspecified atom stereocenters. The van der Waals surface area contributed by atoms with Crippen molar-refractivity contribution in [3.63, 3.8) is 0 Å². The van der Waals surface area contributed by atoms with Gasteiger partial charge in [-0.25, -0.2) is 9.67 Å². The highest BCUT2D eigenvalue weighted by Gasteiger charge is 2.36. The SMILES string of the molecule is FC(F)(F)c1cc(-c2ccccc2)nc(-n2nc(C(F)(F)F)cc2-c2ccccc2)c1. The molecule has 0 aliphatic heterocycles. The van der Waals surface area contributed by atoms with Crippen molar-refractivity contribution in [2.24, 2.45) is 0 Å². The van der Waals surface area contributed by atoms with E-state index in [1.54, 1.807) is 60.7 Å². The molecule has 158 valence electrons. The van der Waals surface area contributed by atoms with Crippen molar-refractivity contribution in [1.82, 2.24) is 14.8 Å². The number of halogens is 6. The molecule has 0 amide bonds. The van der Waals surface area contributed by atoms with Crippen molar-refractivity contribution < 1.29 is 26.3 Å². The van der Waals surface area contributed by atoms with Gasteiger partial charge in [-0.05, 0) is 18.2 Å². The lowest BCUT2D eigenvalue weighted by molar-refractivity contribution is -0.141. The van der Waals surface area contributed by atoms with Crippen molar-refractivity contribution in [3.8, 4) is 28.3 Å². The lowest BCUT2D eigenvalue weighted by Gasteiger charge is -2.13. The molecule has 0 N–H and O–H groups in total. The number of benzene rings is 2. The van der Waals surface area contributed by atoms with E-state index in [0.717, 1.165) is 16.8 Å². The topological polar surface area (TPSA) is 30.7 Å². The van der Waals surface area contributed by atoms with E-state index >= 15 is 0 Å². The minimum Gasteiger partial charge on any atom is -0.229 e. The number of hydrogen-bond acceptors (Lipinski definition) is 2.